The number of methoxy groups -OCH3 is 1. The maximum atomic E-state index is 12.4. The van der Waals surface area contributed by atoms with Crippen LogP contribution in [0.3, 0.4) is 0 Å². The smallest absolute Gasteiger partial charge is 0.326 e. The van der Waals surface area contributed by atoms with E-state index in [2.05, 4.69) is 10.4 Å². The molecule has 1 unspecified atom stereocenters. The largest absolute Gasteiger partial charge is 0.493 e. The second-order valence-electron chi connectivity index (χ2n) is 5.82. The third-order valence-corrected chi connectivity index (χ3v) is 3.45. The quantitative estimate of drug-likeness (QED) is 0.810. The second kappa shape index (κ2) is 7.63. The summed E-state index contributed by atoms with van der Waals surface area (Å²) in [6, 6.07) is 8.30. The van der Waals surface area contributed by atoms with Crippen LogP contribution in [0.2, 0.25) is 0 Å². The number of carbonyl (C=O) groups excluding carboxylic acids is 1. The molecule has 0 aliphatic rings. The summed E-state index contributed by atoms with van der Waals surface area (Å²) in [6.07, 6.45) is 1.92. The van der Waals surface area contributed by atoms with Crippen LogP contribution < -0.4 is 10.1 Å². The lowest BCUT2D eigenvalue weighted by Crippen LogP contribution is -2.41. The second-order valence-corrected chi connectivity index (χ2v) is 5.82. The molecule has 1 heterocycles. The van der Waals surface area contributed by atoms with Gasteiger partial charge >= 0.3 is 5.97 Å². The van der Waals surface area contributed by atoms with Crippen molar-refractivity contribution >= 4 is 11.9 Å². The van der Waals surface area contributed by atoms with Crippen molar-refractivity contribution in [3.63, 3.8) is 0 Å². The first kappa shape index (κ1) is 17.5. The fraction of sp³-hybridized carbons (Fsp3) is 0.353. The predicted octanol–water partition coefficient (Wildman–Crippen LogP) is 2.11. The molecule has 2 aromatic rings. The number of aromatic nitrogens is 2. The lowest BCUT2D eigenvalue weighted by molar-refractivity contribution is -0.139. The van der Waals surface area contributed by atoms with Crippen molar-refractivity contribution in [2.45, 2.75) is 26.3 Å². The molecule has 0 aliphatic carbocycles. The number of carboxylic acids is 1. The number of ether oxygens (including phenoxy) is 1. The van der Waals surface area contributed by atoms with E-state index in [4.69, 9.17) is 4.74 Å². The van der Waals surface area contributed by atoms with Gasteiger partial charge < -0.3 is 15.2 Å². The molecule has 0 fully saturated rings. The molecule has 0 saturated heterocycles. The van der Waals surface area contributed by atoms with Gasteiger partial charge in [0.1, 0.15) is 6.04 Å². The highest BCUT2D eigenvalue weighted by molar-refractivity contribution is 5.97. The van der Waals surface area contributed by atoms with Gasteiger partial charge in [-0.2, -0.15) is 5.10 Å². The van der Waals surface area contributed by atoms with Gasteiger partial charge in [-0.05, 0) is 24.5 Å². The van der Waals surface area contributed by atoms with Crippen LogP contribution in [-0.2, 0) is 4.79 Å². The Bertz CT molecular complexity index is 710. The van der Waals surface area contributed by atoms with Crippen molar-refractivity contribution in [3.8, 4) is 11.4 Å². The molecule has 7 nitrogen and oxygen atoms in total. The molecule has 0 radical (unpaired) electrons. The highest BCUT2D eigenvalue weighted by Gasteiger charge is 2.25. The molecule has 0 aliphatic heterocycles. The number of hydrogen-bond acceptors (Lipinski definition) is 4. The van der Waals surface area contributed by atoms with Crippen molar-refractivity contribution in [2.75, 3.05) is 7.11 Å². The standard InChI is InChI=1S/C17H21N3O4/c1-11(2)9-13(17(22)23)18-16(21)15-14(24-3)10-20(19-15)12-7-5-4-6-8-12/h4-8,10-11,13H,9H2,1-3H3,(H,18,21)(H,22,23). The Kier molecular flexibility index (Phi) is 5.57. The molecular formula is C17H21N3O4. The number of rotatable bonds is 7. The molecule has 0 spiro atoms. The highest BCUT2D eigenvalue weighted by atomic mass is 16.5. The molecular weight excluding hydrogens is 310 g/mol. The first-order chi connectivity index (χ1) is 11.4. The first-order valence-electron chi connectivity index (χ1n) is 7.65. The third kappa shape index (κ3) is 4.13. The van der Waals surface area contributed by atoms with E-state index in [-0.39, 0.29) is 17.4 Å². The first-order valence-corrected chi connectivity index (χ1v) is 7.65. The normalized spacial score (nSPS) is 12.0. The fourth-order valence-corrected chi connectivity index (χ4v) is 2.30. The third-order valence-electron chi connectivity index (χ3n) is 3.45. The van der Waals surface area contributed by atoms with Gasteiger partial charge in [0.15, 0.2) is 11.4 Å². The molecule has 2 N–H and O–H groups in total. The Balaban J connectivity index is 2.25. The maximum Gasteiger partial charge on any atom is 0.326 e. The molecule has 0 bridgehead atoms. The van der Waals surface area contributed by atoms with E-state index >= 15 is 0 Å². The van der Waals surface area contributed by atoms with Gasteiger partial charge in [-0.25, -0.2) is 9.48 Å². The van der Waals surface area contributed by atoms with Gasteiger partial charge in [0.2, 0.25) is 0 Å². The molecule has 128 valence electrons. The van der Waals surface area contributed by atoms with Crippen LogP contribution in [0.25, 0.3) is 5.69 Å². The van der Waals surface area contributed by atoms with Crippen LogP contribution in [0.5, 0.6) is 5.75 Å². The van der Waals surface area contributed by atoms with Crippen molar-refractivity contribution < 1.29 is 19.4 Å². The zero-order valence-electron chi connectivity index (χ0n) is 13.9. The van der Waals surface area contributed by atoms with Gasteiger partial charge in [0.25, 0.3) is 5.91 Å². The lowest BCUT2D eigenvalue weighted by atomic mass is 10.0. The minimum absolute atomic E-state index is 0.0522. The van der Waals surface area contributed by atoms with Crippen LogP contribution >= 0.6 is 0 Å². The Labute approximate surface area is 140 Å². The minimum atomic E-state index is -1.07. The van der Waals surface area contributed by atoms with Crippen molar-refractivity contribution in [1.82, 2.24) is 15.1 Å². The summed E-state index contributed by atoms with van der Waals surface area (Å²) in [4.78, 5) is 23.7. The topological polar surface area (TPSA) is 93.5 Å². The van der Waals surface area contributed by atoms with Gasteiger partial charge in [0, 0.05) is 0 Å². The van der Waals surface area contributed by atoms with Crippen molar-refractivity contribution in [1.29, 1.82) is 0 Å². The van der Waals surface area contributed by atoms with Gasteiger partial charge in [0.05, 0.1) is 19.0 Å². The Morgan fingerprint density at radius 1 is 1.29 bits per heavy atom. The number of amides is 1. The average molecular weight is 331 g/mol. The monoisotopic (exact) mass is 331 g/mol. The summed E-state index contributed by atoms with van der Waals surface area (Å²) in [7, 11) is 1.44. The SMILES string of the molecule is COc1cn(-c2ccccc2)nc1C(=O)NC(CC(C)C)C(=O)O. The number of nitrogens with zero attached hydrogens (tertiary/aromatic N) is 2. The van der Waals surface area contributed by atoms with Crippen LogP contribution in [-0.4, -0.2) is 39.9 Å². The molecule has 0 saturated carbocycles. The summed E-state index contributed by atoms with van der Waals surface area (Å²) >= 11 is 0. The predicted molar refractivity (Wildman–Crippen MR) is 88.5 cm³/mol. The number of nitrogens with one attached hydrogen (secondary N) is 1. The molecule has 7 heteroatoms. The molecule has 2 rings (SSSR count). The fourth-order valence-electron chi connectivity index (χ4n) is 2.30. The number of carbonyl (C=O) groups is 2. The number of benzene rings is 1. The van der Waals surface area contributed by atoms with Crippen LogP contribution in [0, 0.1) is 5.92 Å². The summed E-state index contributed by atoms with van der Waals surface area (Å²) in [5.74, 6) is -1.23. The number of para-hydroxylation sites is 1. The number of aliphatic carboxylic acids is 1. The zero-order valence-corrected chi connectivity index (χ0v) is 13.9. The summed E-state index contributed by atoms with van der Waals surface area (Å²) in [5, 5.41) is 16.0. The van der Waals surface area contributed by atoms with Crippen LogP contribution in [0.4, 0.5) is 0 Å². The zero-order chi connectivity index (χ0) is 17.7. The van der Waals surface area contributed by atoms with E-state index in [1.807, 2.05) is 44.2 Å². The lowest BCUT2D eigenvalue weighted by Gasteiger charge is -2.15. The Morgan fingerprint density at radius 3 is 2.50 bits per heavy atom. The van der Waals surface area contributed by atoms with Crippen molar-refractivity contribution in [3.05, 3.63) is 42.2 Å². The molecule has 1 amide bonds. The van der Waals surface area contributed by atoms with E-state index < -0.39 is 17.9 Å². The summed E-state index contributed by atoms with van der Waals surface area (Å²) in [6.45, 7) is 3.79. The molecule has 1 aromatic heterocycles. The molecule has 24 heavy (non-hydrogen) atoms. The van der Waals surface area contributed by atoms with Crippen LogP contribution in [0.15, 0.2) is 36.5 Å². The average Bonchev–Trinajstić information content (AvgIpc) is 2.99. The number of hydrogen-bond donors (Lipinski definition) is 2. The molecule has 1 atom stereocenters. The Morgan fingerprint density at radius 2 is 1.96 bits per heavy atom. The maximum absolute atomic E-state index is 12.4. The van der Waals surface area contributed by atoms with E-state index in [0.717, 1.165) is 5.69 Å². The van der Waals surface area contributed by atoms with Gasteiger partial charge in [-0.1, -0.05) is 32.0 Å². The van der Waals surface area contributed by atoms with E-state index in [1.54, 1.807) is 6.20 Å². The van der Waals surface area contributed by atoms with E-state index in [1.165, 1.54) is 11.8 Å². The van der Waals surface area contributed by atoms with E-state index in [0.29, 0.717) is 6.42 Å². The van der Waals surface area contributed by atoms with Crippen LogP contribution in [0.1, 0.15) is 30.8 Å². The number of carboxylic acid groups (broad SMARTS) is 1. The summed E-state index contributed by atoms with van der Waals surface area (Å²) in [5.41, 5.74) is 0.822. The molecule has 1 aromatic carbocycles. The van der Waals surface area contributed by atoms with Gasteiger partial charge in [-0.15, -0.1) is 0 Å². The Hall–Kier alpha value is -2.83. The summed E-state index contributed by atoms with van der Waals surface area (Å²) < 4.78 is 6.72. The van der Waals surface area contributed by atoms with Crippen molar-refractivity contribution in [2.24, 2.45) is 5.92 Å². The van der Waals surface area contributed by atoms with Gasteiger partial charge in [-0.3, -0.25) is 4.79 Å². The highest BCUT2D eigenvalue weighted by Crippen LogP contribution is 2.20. The van der Waals surface area contributed by atoms with E-state index in [9.17, 15) is 14.7 Å². The minimum Gasteiger partial charge on any atom is -0.493 e.